The highest BCUT2D eigenvalue weighted by Crippen LogP contribution is 2.19. The number of para-hydroxylation sites is 1. The second-order valence-electron chi connectivity index (χ2n) is 11.7. The fraction of sp³-hybridized carbons (Fsp3) is 0.333. The summed E-state index contributed by atoms with van der Waals surface area (Å²) < 4.78 is 12.9. The Balaban J connectivity index is 1.33. The lowest BCUT2D eigenvalue weighted by molar-refractivity contribution is -0.133. The summed E-state index contributed by atoms with van der Waals surface area (Å²) >= 11 is 0. The van der Waals surface area contributed by atoms with E-state index in [1.165, 1.54) is 4.68 Å². The minimum absolute atomic E-state index is 0.104. The molecule has 4 amide bonds. The molecule has 3 atom stereocenters. The molecule has 0 unspecified atom stereocenters. The van der Waals surface area contributed by atoms with Crippen LogP contribution in [0.15, 0.2) is 84.9 Å². The summed E-state index contributed by atoms with van der Waals surface area (Å²) in [6.07, 6.45) is 0.626. The molecule has 3 heterocycles. The molecule has 14 heteroatoms. The molecule has 262 valence electrons. The van der Waals surface area contributed by atoms with Crippen LogP contribution in [0.2, 0.25) is 0 Å². The van der Waals surface area contributed by atoms with Crippen LogP contribution in [0.1, 0.15) is 37.2 Å². The molecule has 4 aromatic rings. The van der Waals surface area contributed by atoms with E-state index in [9.17, 15) is 24.3 Å². The van der Waals surface area contributed by atoms with E-state index in [1.807, 2.05) is 60.7 Å². The van der Waals surface area contributed by atoms with Crippen LogP contribution in [0.4, 0.5) is 0 Å². The second-order valence-corrected chi connectivity index (χ2v) is 11.7. The normalized spacial score (nSPS) is 18.8. The minimum atomic E-state index is -1.35. The van der Waals surface area contributed by atoms with E-state index in [0.29, 0.717) is 41.7 Å². The third-order valence-corrected chi connectivity index (χ3v) is 7.86. The molecule has 1 aromatic heterocycles. The lowest BCUT2D eigenvalue weighted by Crippen LogP contribution is -2.55. The highest BCUT2D eigenvalue weighted by atomic mass is 16.5. The summed E-state index contributed by atoms with van der Waals surface area (Å²) in [6.45, 7) is 1.52. The summed E-state index contributed by atoms with van der Waals surface area (Å²) in [4.78, 5) is 57.5. The van der Waals surface area contributed by atoms with Crippen LogP contribution < -0.4 is 30.7 Å². The topological polar surface area (TPSA) is 186 Å². The van der Waals surface area contributed by atoms with Crippen LogP contribution in [0.3, 0.4) is 0 Å². The van der Waals surface area contributed by atoms with E-state index in [2.05, 4.69) is 31.3 Å². The maximum absolute atomic E-state index is 13.6. The molecule has 2 aliphatic heterocycles. The van der Waals surface area contributed by atoms with Crippen LogP contribution in [-0.2, 0) is 32.1 Å². The number of rotatable bonds is 8. The van der Waals surface area contributed by atoms with Crippen LogP contribution in [0.5, 0.6) is 11.5 Å². The molecule has 2 aliphatic rings. The molecule has 0 aliphatic carbocycles. The molecule has 2 bridgehead atoms. The van der Waals surface area contributed by atoms with Gasteiger partial charge in [0.05, 0.1) is 25.8 Å². The molecule has 3 aromatic carbocycles. The van der Waals surface area contributed by atoms with Gasteiger partial charge in [0.1, 0.15) is 42.6 Å². The summed E-state index contributed by atoms with van der Waals surface area (Å²) in [5.41, 5.74) is 1.44. The first-order valence-electron chi connectivity index (χ1n) is 16.5. The van der Waals surface area contributed by atoms with E-state index in [-0.39, 0.29) is 44.4 Å². The number of carbonyl (C=O) groups is 4. The summed E-state index contributed by atoms with van der Waals surface area (Å²) in [7, 11) is 0. The van der Waals surface area contributed by atoms with E-state index < -0.39 is 36.5 Å². The Morgan fingerprint density at radius 3 is 2.42 bits per heavy atom. The highest BCUT2D eigenvalue weighted by Gasteiger charge is 2.29. The van der Waals surface area contributed by atoms with Gasteiger partial charge in [-0.25, -0.2) is 9.67 Å². The predicted octanol–water partition coefficient (Wildman–Crippen LogP) is 1.69. The fourth-order valence-electron chi connectivity index (χ4n) is 5.27. The van der Waals surface area contributed by atoms with Gasteiger partial charge in [-0.1, -0.05) is 60.7 Å². The number of aliphatic hydroxyl groups is 1. The predicted molar refractivity (Wildman–Crippen MR) is 183 cm³/mol. The van der Waals surface area contributed by atoms with Gasteiger partial charge in [-0.05, 0) is 43.2 Å². The number of hydrogen-bond donors (Lipinski definition) is 5. The van der Waals surface area contributed by atoms with E-state index in [0.717, 1.165) is 5.56 Å². The molecule has 0 radical (unpaired) electrons. The molecule has 6 rings (SSSR count). The number of carbonyl (C=O) groups excluding carboxylic acids is 4. The SMILES string of the molecule is C[C@@H]1NC(=O)[C@H](CO)NC(=O)[C@@H](NC(=O)CCCOc2ccccc2)Cc2ccc(cc2)OCCNC(=O)Cn2nc(-c3ccccc3)nc21. The number of nitrogens with zero attached hydrogens (tertiary/aromatic N) is 3. The van der Waals surface area contributed by atoms with E-state index in [1.54, 1.807) is 31.2 Å². The Morgan fingerprint density at radius 2 is 1.70 bits per heavy atom. The molecule has 0 fully saturated rings. The van der Waals surface area contributed by atoms with Crippen molar-refractivity contribution in [1.29, 1.82) is 0 Å². The first-order valence-corrected chi connectivity index (χ1v) is 16.5. The van der Waals surface area contributed by atoms with E-state index >= 15 is 0 Å². The number of aliphatic hydroxyl groups excluding tert-OH is 1. The lowest BCUT2D eigenvalue weighted by Gasteiger charge is -2.24. The summed E-state index contributed by atoms with van der Waals surface area (Å²) in [5.74, 6) is -0.143. The number of ether oxygens (including phenoxy) is 2. The number of aromatic nitrogens is 3. The van der Waals surface area contributed by atoms with Crippen LogP contribution in [0, 0.1) is 0 Å². The van der Waals surface area contributed by atoms with E-state index in [4.69, 9.17) is 9.47 Å². The summed E-state index contributed by atoms with van der Waals surface area (Å²) in [5, 5.41) is 25.6. The average Bonchev–Trinajstić information content (AvgIpc) is 3.55. The van der Waals surface area contributed by atoms with Gasteiger partial charge in [0.15, 0.2) is 5.82 Å². The quantitative estimate of drug-likeness (QED) is 0.172. The Labute approximate surface area is 289 Å². The van der Waals surface area contributed by atoms with Gasteiger partial charge in [-0.2, -0.15) is 5.10 Å². The van der Waals surface area contributed by atoms with Gasteiger partial charge in [-0.15, -0.1) is 0 Å². The van der Waals surface area contributed by atoms with Gasteiger partial charge in [0, 0.05) is 18.4 Å². The van der Waals surface area contributed by atoms with Crippen molar-refractivity contribution in [2.75, 3.05) is 26.4 Å². The van der Waals surface area contributed by atoms with Gasteiger partial charge in [0.2, 0.25) is 23.6 Å². The fourth-order valence-corrected chi connectivity index (χ4v) is 5.27. The smallest absolute Gasteiger partial charge is 0.245 e. The number of fused-ring (bicyclic) bond motifs is 14. The molecular weight excluding hydrogens is 642 g/mol. The number of benzene rings is 3. The Bertz CT molecular complexity index is 1730. The lowest BCUT2D eigenvalue weighted by atomic mass is 10.0. The van der Waals surface area contributed by atoms with Crippen LogP contribution >= 0.6 is 0 Å². The van der Waals surface area contributed by atoms with Crippen LogP contribution in [0.25, 0.3) is 11.4 Å². The molecule has 5 N–H and O–H groups in total. The Morgan fingerprint density at radius 1 is 0.980 bits per heavy atom. The molecule has 0 saturated carbocycles. The molecule has 50 heavy (non-hydrogen) atoms. The van der Waals surface area contributed by atoms with Crippen molar-refractivity contribution < 1.29 is 33.8 Å². The monoisotopic (exact) mass is 683 g/mol. The third-order valence-electron chi connectivity index (χ3n) is 7.86. The van der Waals surface area contributed by atoms with Crippen molar-refractivity contribution in [2.24, 2.45) is 0 Å². The van der Waals surface area contributed by atoms with Gasteiger partial charge in [-0.3, -0.25) is 19.2 Å². The molecular formula is C36H41N7O7. The molecule has 0 saturated heterocycles. The third kappa shape index (κ3) is 10.1. The van der Waals surface area contributed by atoms with Crippen molar-refractivity contribution in [1.82, 2.24) is 36.0 Å². The number of amides is 4. The van der Waals surface area contributed by atoms with Gasteiger partial charge in [0.25, 0.3) is 0 Å². The van der Waals surface area contributed by atoms with Crippen molar-refractivity contribution in [3.8, 4) is 22.9 Å². The first kappa shape index (κ1) is 35.5. The standard InChI is InChI=1S/C36H41N7O7/c1-24-34-41-33(26-9-4-2-5-10-26)42-43(34)22-32(46)37-18-20-50-28-16-14-25(15-17-28)21-29(35(47)40-30(23-44)36(48)38-24)39-31(45)13-8-19-49-27-11-6-3-7-12-27/h2-7,9-12,14-17,24,29-30,44H,8,13,18-23H2,1H3,(H,37,46)(H,38,48)(H,39,45)(H,40,47)/t24-,29-,30-/m0/s1. The zero-order valence-corrected chi connectivity index (χ0v) is 27.7. The van der Waals surface area contributed by atoms with Crippen LogP contribution in [-0.4, -0.2) is 81.9 Å². The number of hydrogen-bond acceptors (Lipinski definition) is 9. The van der Waals surface area contributed by atoms with Crippen molar-refractivity contribution in [2.45, 2.75) is 50.9 Å². The molecule has 14 nitrogen and oxygen atoms in total. The highest BCUT2D eigenvalue weighted by molar-refractivity contribution is 5.92. The zero-order chi connectivity index (χ0) is 35.3. The minimum Gasteiger partial charge on any atom is -0.494 e. The van der Waals surface area contributed by atoms with Gasteiger partial charge < -0.3 is 35.8 Å². The number of nitrogens with one attached hydrogen (secondary N) is 4. The maximum Gasteiger partial charge on any atom is 0.245 e. The largest absolute Gasteiger partial charge is 0.494 e. The van der Waals surface area contributed by atoms with Crippen molar-refractivity contribution in [3.63, 3.8) is 0 Å². The van der Waals surface area contributed by atoms with Crippen molar-refractivity contribution >= 4 is 23.6 Å². The Kier molecular flexibility index (Phi) is 12.5. The molecule has 0 spiro atoms. The van der Waals surface area contributed by atoms with Crippen molar-refractivity contribution in [3.05, 3.63) is 96.3 Å². The average molecular weight is 684 g/mol. The summed E-state index contributed by atoms with van der Waals surface area (Å²) in [6, 6.07) is 22.2. The zero-order valence-electron chi connectivity index (χ0n) is 27.7. The maximum atomic E-state index is 13.6. The van der Waals surface area contributed by atoms with Gasteiger partial charge >= 0.3 is 0 Å². The Hall–Kier alpha value is -5.76. The second kappa shape index (κ2) is 17.6. The first-order chi connectivity index (χ1) is 24.3.